The fraction of sp³-hybridized carbons (Fsp3) is 0.231. The molecule has 0 saturated heterocycles. The lowest BCUT2D eigenvalue weighted by Crippen LogP contribution is -2.24. The summed E-state index contributed by atoms with van der Waals surface area (Å²) in [5.74, 6) is 1.74. The summed E-state index contributed by atoms with van der Waals surface area (Å²) in [5, 5.41) is 2.70. The van der Waals surface area contributed by atoms with Crippen LogP contribution in [0.1, 0.15) is 38.8 Å². The largest absolute Gasteiger partial charge is 0.467 e. The molecule has 0 saturated carbocycles. The zero-order valence-electron chi connectivity index (χ0n) is 19.5. The highest BCUT2D eigenvalue weighted by molar-refractivity contribution is 5.91. The molecule has 0 fully saturated rings. The fourth-order valence-electron chi connectivity index (χ4n) is 3.87. The van der Waals surface area contributed by atoms with Crippen LogP contribution in [0.2, 0.25) is 0 Å². The number of oxazole rings is 1. The Morgan fingerprint density at radius 2 is 1.70 bits per heavy atom. The van der Waals surface area contributed by atoms with Crippen LogP contribution in [0, 0.1) is 0 Å². The number of aromatic nitrogens is 1. The molecule has 3 heterocycles. The van der Waals surface area contributed by atoms with Crippen LogP contribution in [0.15, 0.2) is 76.0 Å². The van der Waals surface area contributed by atoms with Crippen molar-refractivity contribution < 1.29 is 36.3 Å². The molecule has 0 spiro atoms. The van der Waals surface area contributed by atoms with Gasteiger partial charge in [0.15, 0.2) is 17.2 Å². The van der Waals surface area contributed by atoms with Crippen LogP contribution < -0.4 is 14.8 Å². The van der Waals surface area contributed by atoms with E-state index < -0.39 is 17.6 Å². The van der Waals surface area contributed by atoms with Crippen LogP contribution in [0.3, 0.4) is 0 Å². The number of rotatable bonds is 9. The highest BCUT2D eigenvalue weighted by atomic mass is 19.4. The zero-order valence-corrected chi connectivity index (χ0v) is 19.5. The molecule has 0 atom stereocenters. The van der Waals surface area contributed by atoms with Gasteiger partial charge >= 0.3 is 6.18 Å². The van der Waals surface area contributed by atoms with Crippen molar-refractivity contribution in [1.29, 1.82) is 0 Å². The number of amides is 1. The first-order valence-corrected chi connectivity index (χ1v) is 11.4. The van der Waals surface area contributed by atoms with Gasteiger partial charge in [0.25, 0.3) is 5.91 Å². The Morgan fingerprint density at radius 1 is 0.946 bits per heavy atom. The van der Waals surface area contributed by atoms with Gasteiger partial charge in [-0.2, -0.15) is 13.2 Å². The van der Waals surface area contributed by atoms with Gasteiger partial charge in [0.2, 0.25) is 12.7 Å². The molecule has 0 radical (unpaired) electrons. The highest BCUT2D eigenvalue weighted by Crippen LogP contribution is 2.33. The van der Waals surface area contributed by atoms with Crippen molar-refractivity contribution >= 4 is 5.91 Å². The van der Waals surface area contributed by atoms with Crippen molar-refractivity contribution in [3.05, 3.63) is 101 Å². The number of carbonyl (C=O) groups is 1. The molecular weight excluding hydrogens is 491 g/mol. The van der Waals surface area contributed by atoms with Gasteiger partial charge < -0.3 is 23.6 Å². The van der Waals surface area contributed by atoms with E-state index in [1.165, 1.54) is 24.7 Å². The Morgan fingerprint density at radius 3 is 2.46 bits per heavy atom. The first kappa shape index (κ1) is 24.4. The average Bonchev–Trinajstić information content (AvgIpc) is 3.64. The lowest BCUT2D eigenvalue weighted by molar-refractivity contribution is -0.137. The first-order chi connectivity index (χ1) is 17.8. The molecule has 1 amide bonds. The smallest absolute Gasteiger partial charge is 0.416 e. The molecule has 4 aromatic rings. The van der Waals surface area contributed by atoms with E-state index in [0.717, 1.165) is 17.7 Å². The number of furan rings is 1. The third-order valence-electron chi connectivity index (χ3n) is 5.68. The van der Waals surface area contributed by atoms with E-state index in [1.54, 1.807) is 18.2 Å². The van der Waals surface area contributed by atoms with E-state index in [4.69, 9.17) is 18.3 Å². The molecule has 0 unspecified atom stereocenters. The molecule has 5 rings (SSSR count). The van der Waals surface area contributed by atoms with Crippen molar-refractivity contribution in [3.63, 3.8) is 0 Å². The Balaban J connectivity index is 1.30. The number of benzene rings is 2. The minimum atomic E-state index is -4.41. The van der Waals surface area contributed by atoms with Crippen LogP contribution in [-0.2, 0) is 32.4 Å². The molecule has 1 N–H and O–H groups in total. The Bertz CT molecular complexity index is 1350. The van der Waals surface area contributed by atoms with Crippen LogP contribution in [0.5, 0.6) is 11.5 Å². The number of carbonyl (C=O) groups excluding carboxylic acids is 1. The highest BCUT2D eigenvalue weighted by Gasteiger charge is 2.30. The molecule has 37 heavy (non-hydrogen) atoms. The van der Waals surface area contributed by atoms with Crippen LogP contribution in [-0.4, -0.2) is 22.6 Å². The van der Waals surface area contributed by atoms with Crippen molar-refractivity contribution in [3.8, 4) is 11.5 Å². The van der Waals surface area contributed by atoms with Crippen LogP contribution >= 0.6 is 0 Å². The van der Waals surface area contributed by atoms with Crippen molar-refractivity contribution in [2.24, 2.45) is 0 Å². The van der Waals surface area contributed by atoms with Gasteiger partial charge in [-0.1, -0.05) is 18.2 Å². The second-order valence-corrected chi connectivity index (χ2v) is 8.42. The van der Waals surface area contributed by atoms with Gasteiger partial charge in [0, 0.05) is 13.1 Å². The van der Waals surface area contributed by atoms with Gasteiger partial charge in [0.1, 0.15) is 12.0 Å². The number of nitrogens with one attached hydrogen (secondary N) is 1. The van der Waals surface area contributed by atoms with Gasteiger partial charge in [-0.25, -0.2) is 4.98 Å². The lowest BCUT2D eigenvalue weighted by Gasteiger charge is -2.21. The summed E-state index contributed by atoms with van der Waals surface area (Å²) >= 11 is 0. The number of nitrogens with zero attached hydrogens (tertiary/aromatic N) is 2. The Labute approximate surface area is 209 Å². The molecule has 192 valence electrons. The van der Waals surface area contributed by atoms with Gasteiger partial charge in [0.05, 0.1) is 24.9 Å². The SMILES string of the molecule is O=C(NCc1ccco1)c1coc(CN(Cc2ccc(C(F)(F)F)cc2)Cc2ccc3c(c2)OCO3)n1. The minimum absolute atomic E-state index is 0.110. The number of halogens is 3. The summed E-state index contributed by atoms with van der Waals surface area (Å²) in [6, 6.07) is 14.0. The van der Waals surface area contributed by atoms with Gasteiger partial charge in [-0.05, 0) is 47.5 Å². The number of fused-ring (bicyclic) bond motifs is 1. The summed E-state index contributed by atoms with van der Waals surface area (Å²) in [5.41, 5.74) is 0.978. The Hall–Kier alpha value is -4.25. The molecular formula is C26H22F3N3O5. The predicted octanol–water partition coefficient (Wildman–Crippen LogP) is 5.15. The maximum absolute atomic E-state index is 13.0. The van der Waals surface area contributed by atoms with Crippen molar-refractivity contribution in [2.75, 3.05) is 6.79 Å². The van der Waals surface area contributed by atoms with E-state index in [1.807, 2.05) is 17.0 Å². The number of ether oxygens (including phenoxy) is 2. The molecule has 0 aliphatic carbocycles. The standard InChI is InChI=1S/C26H22F3N3O5/c27-26(28,29)19-6-3-17(4-7-19)12-32(13-18-5-8-22-23(10-18)37-16-36-22)14-24-31-21(15-35-24)25(33)30-11-20-2-1-9-34-20/h1-10,15H,11-14,16H2,(H,30,33). The summed E-state index contributed by atoms with van der Waals surface area (Å²) in [6.45, 7) is 1.29. The molecule has 0 bridgehead atoms. The summed E-state index contributed by atoms with van der Waals surface area (Å²) < 4.78 is 60.5. The zero-order chi connectivity index (χ0) is 25.8. The molecule has 1 aliphatic rings. The van der Waals surface area contributed by atoms with E-state index in [-0.39, 0.29) is 31.5 Å². The van der Waals surface area contributed by atoms with Crippen molar-refractivity contribution in [1.82, 2.24) is 15.2 Å². The number of hydrogen-bond acceptors (Lipinski definition) is 7. The molecule has 1 aliphatic heterocycles. The third-order valence-corrected chi connectivity index (χ3v) is 5.68. The number of hydrogen-bond donors (Lipinski definition) is 1. The quantitative estimate of drug-likeness (QED) is 0.331. The maximum Gasteiger partial charge on any atom is 0.416 e. The normalized spacial score (nSPS) is 12.8. The van der Waals surface area contributed by atoms with E-state index >= 15 is 0 Å². The lowest BCUT2D eigenvalue weighted by atomic mass is 10.1. The topological polar surface area (TPSA) is 90.0 Å². The molecule has 2 aromatic heterocycles. The minimum Gasteiger partial charge on any atom is -0.467 e. The molecule has 2 aromatic carbocycles. The van der Waals surface area contributed by atoms with Crippen LogP contribution in [0.4, 0.5) is 13.2 Å². The third kappa shape index (κ3) is 6.12. The molecule has 11 heteroatoms. The van der Waals surface area contributed by atoms with Crippen molar-refractivity contribution in [2.45, 2.75) is 32.4 Å². The second-order valence-electron chi connectivity index (χ2n) is 8.42. The van der Waals surface area contributed by atoms with E-state index in [9.17, 15) is 18.0 Å². The summed E-state index contributed by atoms with van der Waals surface area (Å²) in [7, 11) is 0. The van der Waals surface area contributed by atoms with E-state index in [2.05, 4.69) is 10.3 Å². The Kier molecular flexibility index (Phi) is 6.87. The first-order valence-electron chi connectivity index (χ1n) is 11.4. The predicted molar refractivity (Wildman–Crippen MR) is 123 cm³/mol. The molecule has 8 nitrogen and oxygen atoms in total. The number of alkyl halides is 3. The maximum atomic E-state index is 13.0. The van der Waals surface area contributed by atoms with Gasteiger partial charge in [-0.15, -0.1) is 0 Å². The van der Waals surface area contributed by atoms with Crippen LogP contribution in [0.25, 0.3) is 0 Å². The average molecular weight is 513 g/mol. The summed E-state index contributed by atoms with van der Waals surface area (Å²) in [4.78, 5) is 18.7. The van der Waals surface area contributed by atoms with Gasteiger partial charge in [-0.3, -0.25) is 9.69 Å². The monoisotopic (exact) mass is 513 g/mol. The summed E-state index contributed by atoms with van der Waals surface area (Å²) in [6.07, 6.45) is -1.62. The van der Waals surface area contributed by atoms with E-state index in [0.29, 0.717) is 35.9 Å². The second kappa shape index (κ2) is 10.4. The fourth-order valence-corrected chi connectivity index (χ4v) is 3.87.